The average molecular weight is 200 g/mol. The van der Waals surface area contributed by atoms with Gasteiger partial charge in [-0.15, -0.1) is 11.3 Å². The van der Waals surface area contributed by atoms with Crippen molar-refractivity contribution in [3.8, 4) is 0 Å². The van der Waals surface area contributed by atoms with E-state index in [1.54, 1.807) is 0 Å². The molecule has 1 aromatic rings. The molecule has 72 valence electrons. The van der Waals surface area contributed by atoms with Crippen LogP contribution in [0.3, 0.4) is 0 Å². The molecule has 0 spiro atoms. The van der Waals surface area contributed by atoms with E-state index in [1.165, 1.54) is 18.4 Å². The minimum absolute atomic E-state index is 0.180. The van der Waals surface area contributed by atoms with Crippen molar-refractivity contribution in [2.24, 2.45) is 5.73 Å². The number of hydrogen-bond acceptors (Lipinski definition) is 5. The predicted molar refractivity (Wildman–Crippen MR) is 50.4 cm³/mol. The number of nitrogens with two attached hydrogens (primary N) is 1. The summed E-state index contributed by atoms with van der Waals surface area (Å²) < 4.78 is 4.51. The molecule has 13 heavy (non-hydrogen) atoms. The second-order valence-electron chi connectivity index (χ2n) is 2.68. The minimum atomic E-state index is -0.350. The maximum atomic E-state index is 10.9. The number of hydrogen-bond donors (Lipinski definition) is 1. The summed E-state index contributed by atoms with van der Waals surface area (Å²) in [5, 5.41) is 2.82. The van der Waals surface area contributed by atoms with Crippen molar-refractivity contribution in [3.05, 3.63) is 16.1 Å². The molecule has 5 heteroatoms. The summed E-state index contributed by atoms with van der Waals surface area (Å²) in [6.07, 6.45) is 0.180. The molecule has 2 N–H and O–H groups in total. The topological polar surface area (TPSA) is 65.2 Å². The molecule has 1 atom stereocenters. The highest BCUT2D eigenvalue weighted by Crippen LogP contribution is 2.16. The van der Waals surface area contributed by atoms with E-state index < -0.39 is 0 Å². The zero-order valence-electron chi connectivity index (χ0n) is 7.61. The monoisotopic (exact) mass is 200 g/mol. The lowest BCUT2D eigenvalue weighted by Crippen LogP contribution is -2.16. The first kappa shape index (κ1) is 10.1. The fourth-order valence-electron chi connectivity index (χ4n) is 0.918. The summed E-state index contributed by atoms with van der Waals surface area (Å²) >= 11 is 1.52. The molecule has 0 amide bonds. The third kappa shape index (κ3) is 2.78. The number of ether oxygens (including phenoxy) is 1. The Morgan fingerprint density at radius 1 is 1.85 bits per heavy atom. The molecule has 1 heterocycles. The molecule has 0 saturated carbocycles. The van der Waals surface area contributed by atoms with Crippen molar-refractivity contribution in [1.29, 1.82) is 0 Å². The van der Waals surface area contributed by atoms with E-state index in [-0.39, 0.29) is 18.4 Å². The fraction of sp³-hybridized carbons (Fsp3) is 0.500. The van der Waals surface area contributed by atoms with E-state index in [2.05, 4.69) is 9.72 Å². The number of esters is 1. The number of rotatable bonds is 3. The first-order valence-electron chi connectivity index (χ1n) is 3.88. The molecule has 0 fully saturated rings. The smallest absolute Gasteiger partial charge is 0.307 e. The zero-order chi connectivity index (χ0) is 9.84. The van der Waals surface area contributed by atoms with Gasteiger partial charge in [0, 0.05) is 5.38 Å². The van der Waals surface area contributed by atoms with Crippen molar-refractivity contribution in [1.82, 2.24) is 4.98 Å². The lowest BCUT2D eigenvalue weighted by molar-refractivity contribution is -0.141. The normalized spacial score (nSPS) is 12.5. The van der Waals surface area contributed by atoms with Gasteiger partial charge in [-0.05, 0) is 6.92 Å². The Morgan fingerprint density at radius 2 is 2.54 bits per heavy atom. The molecule has 0 unspecified atom stereocenters. The highest BCUT2D eigenvalue weighted by Gasteiger charge is 2.13. The van der Waals surface area contributed by atoms with Crippen molar-refractivity contribution < 1.29 is 9.53 Å². The van der Waals surface area contributed by atoms with Crippen LogP contribution in [0.25, 0.3) is 0 Å². The Kier molecular flexibility index (Phi) is 3.39. The maximum Gasteiger partial charge on any atom is 0.307 e. The van der Waals surface area contributed by atoms with Crippen LogP contribution in [0.2, 0.25) is 0 Å². The number of carbonyl (C=O) groups excluding carboxylic acids is 1. The molecule has 1 rings (SSSR count). The molecular weight excluding hydrogens is 188 g/mol. The number of nitrogens with zero attached hydrogens (tertiary/aromatic N) is 1. The molecule has 4 nitrogen and oxygen atoms in total. The van der Waals surface area contributed by atoms with Gasteiger partial charge in [-0.1, -0.05) is 0 Å². The van der Waals surface area contributed by atoms with E-state index in [0.29, 0.717) is 0 Å². The standard InChI is InChI=1S/C8H12N2O2S/c1-5-10-7(4-13-5)6(9)3-8(11)12-2/h4,6H,3,9H2,1-2H3/t6-/m0/s1. The molecule has 0 radical (unpaired) electrons. The second kappa shape index (κ2) is 4.34. The van der Waals surface area contributed by atoms with Crippen LogP contribution in [0.1, 0.15) is 23.2 Å². The van der Waals surface area contributed by atoms with Gasteiger partial charge >= 0.3 is 5.97 Å². The van der Waals surface area contributed by atoms with E-state index in [1.807, 2.05) is 12.3 Å². The van der Waals surface area contributed by atoms with Crippen LogP contribution < -0.4 is 5.73 Å². The number of aromatic nitrogens is 1. The average Bonchev–Trinajstić information content (AvgIpc) is 2.51. The van der Waals surface area contributed by atoms with Crippen LogP contribution in [0.15, 0.2) is 5.38 Å². The minimum Gasteiger partial charge on any atom is -0.469 e. The van der Waals surface area contributed by atoms with Gasteiger partial charge in [-0.3, -0.25) is 4.79 Å². The Balaban J connectivity index is 2.58. The van der Waals surface area contributed by atoms with Crippen LogP contribution in [0.5, 0.6) is 0 Å². The molecule has 1 aromatic heterocycles. The van der Waals surface area contributed by atoms with Crippen molar-refractivity contribution >= 4 is 17.3 Å². The summed E-state index contributed by atoms with van der Waals surface area (Å²) in [5.41, 5.74) is 6.49. The molecular formula is C8H12N2O2S. The summed E-state index contributed by atoms with van der Waals surface area (Å²) in [4.78, 5) is 15.1. The Hall–Kier alpha value is -0.940. The Morgan fingerprint density at radius 3 is 3.00 bits per heavy atom. The molecule has 0 aliphatic rings. The van der Waals surface area contributed by atoms with E-state index in [9.17, 15) is 4.79 Å². The predicted octanol–water partition coefficient (Wildman–Crippen LogP) is 1.01. The van der Waals surface area contributed by atoms with Gasteiger partial charge in [0.25, 0.3) is 0 Å². The Bertz CT molecular complexity index is 298. The Labute approximate surface area is 80.7 Å². The SMILES string of the molecule is COC(=O)C[C@H](N)c1csc(C)n1. The van der Waals surface area contributed by atoms with Crippen LogP contribution >= 0.6 is 11.3 Å². The summed E-state index contributed by atoms with van der Waals surface area (Å²) in [5.74, 6) is -0.307. The van der Waals surface area contributed by atoms with Crippen molar-refractivity contribution in [3.63, 3.8) is 0 Å². The van der Waals surface area contributed by atoms with Gasteiger partial charge in [0.2, 0.25) is 0 Å². The van der Waals surface area contributed by atoms with Crippen LogP contribution in [0, 0.1) is 6.92 Å². The highest BCUT2D eigenvalue weighted by molar-refractivity contribution is 7.09. The van der Waals surface area contributed by atoms with Gasteiger partial charge in [0.1, 0.15) is 0 Å². The molecule has 0 aromatic carbocycles. The fourth-order valence-corrected chi connectivity index (χ4v) is 1.59. The molecule has 0 bridgehead atoms. The quantitative estimate of drug-likeness (QED) is 0.740. The van der Waals surface area contributed by atoms with Gasteiger partial charge in [0.15, 0.2) is 0 Å². The molecule has 0 aliphatic heterocycles. The molecule has 0 saturated heterocycles. The lowest BCUT2D eigenvalue weighted by atomic mass is 10.2. The number of aryl methyl sites for hydroxylation is 1. The largest absolute Gasteiger partial charge is 0.469 e. The zero-order valence-corrected chi connectivity index (χ0v) is 8.43. The van der Waals surface area contributed by atoms with Crippen LogP contribution in [0.4, 0.5) is 0 Å². The van der Waals surface area contributed by atoms with Crippen LogP contribution in [-0.2, 0) is 9.53 Å². The summed E-state index contributed by atoms with van der Waals surface area (Å²) in [7, 11) is 1.35. The van der Waals surface area contributed by atoms with Gasteiger partial charge in [-0.2, -0.15) is 0 Å². The number of carbonyl (C=O) groups is 1. The maximum absolute atomic E-state index is 10.9. The van der Waals surface area contributed by atoms with E-state index >= 15 is 0 Å². The third-order valence-electron chi connectivity index (χ3n) is 1.63. The molecule has 0 aliphatic carbocycles. The van der Waals surface area contributed by atoms with Gasteiger partial charge in [-0.25, -0.2) is 4.98 Å². The first-order chi connectivity index (χ1) is 6.13. The number of methoxy groups -OCH3 is 1. The highest BCUT2D eigenvalue weighted by atomic mass is 32.1. The summed E-state index contributed by atoms with van der Waals surface area (Å²) in [6.45, 7) is 1.90. The van der Waals surface area contributed by atoms with E-state index in [4.69, 9.17) is 5.73 Å². The first-order valence-corrected chi connectivity index (χ1v) is 4.76. The third-order valence-corrected chi connectivity index (χ3v) is 2.42. The van der Waals surface area contributed by atoms with Crippen LogP contribution in [-0.4, -0.2) is 18.1 Å². The van der Waals surface area contributed by atoms with E-state index in [0.717, 1.165) is 10.7 Å². The lowest BCUT2D eigenvalue weighted by Gasteiger charge is -2.05. The number of thiazole rings is 1. The van der Waals surface area contributed by atoms with Gasteiger partial charge < -0.3 is 10.5 Å². The second-order valence-corrected chi connectivity index (χ2v) is 3.74. The van der Waals surface area contributed by atoms with Crippen molar-refractivity contribution in [2.75, 3.05) is 7.11 Å². The van der Waals surface area contributed by atoms with Gasteiger partial charge in [0.05, 0.1) is 30.3 Å². The van der Waals surface area contributed by atoms with Crippen molar-refractivity contribution in [2.45, 2.75) is 19.4 Å². The summed E-state index contributed by atoms with van der Waals surface area (Å²) in [6, 6.07) is -0.350.